The van der Waals surface area contributed by atoms with Crippen LogP contribution in [-0.4, -0.2) is 9.55 Å². The molecular weight excluding hydrogens is 288 g/mol. The minimum absolute atomic E-state index is 0.157. The Labute approximate surface area is 127 Å². The van der Waals surface area contributed by atoms with Gasteiger partial charge in [-0.15, -0.1) is 0 Å². The highest BCUT2D eigenvalue weighted by atomic mass is 35.5. The molecule has 1 N–H and O–H groups in total. The lowest BCUT2D eigenvalue weighted by atomic mass is 10.1. The lowest BCUT2D eigenvalue weighted by Crippen LogP contribution is -2.36. The van der Waals surface area contributed by atoms with Crippen molar-refractivity contribution >= 4 is 11.6 Å². The van der Waals surface area contributed by atoms with Crippen LogP contribution >= 0.6 is 11.6 Å². The van der Waals surface area contributed by atoms with Gasteiger partial charge in [-0.05, 0) is 48.9 Å². The van der Waals surface area contributed by atoms with E-state index in [1.54, 1.807) is 0 Å². The number of aromatic nitrogens is 2. The van der Waals surface area contributed by atoms with Crippen molar-refractivity contribution in [2.75, 3.05) is 0 Å². The summed E-state index contributed by atoms with van der Waals surface area (Å²) in [7, 11) is 0. The molecule has 1 heterocycles. The van der Waals surface area contributed by atoms with Gasteiger partial charge in [0.2, 0.25) is 0 Å². The smallest absolute Gasteiger partial charge is 0.297 e. The molecule has 0 saturated carbocycles. The number of aromatic amines is 1. The zero-order valence-electron chi connectivity index (χ0n) is 11.9. The molecule has 1 aliphatic carbocycles. The van der Waals surface area contributed by atoms with Gasteiger partial charge in [-0.3, -0.25) is 9.78 Å². The lowest BCUT2D eigenvalue weighted by Gasteiger charge is -2.10. The first-order chi connectivity index (χ1) is 10.1. The molecule has 0 radical (unpaired) electrons. The van der Waals surface area contributed by atoms with E-state index in [4.69, 9.17) is 11.6 Å². The number of nitrogens with one attached hydrogen (secondary N) is 1. The van der Waals surface area contributed by atoms with Crippen molar-refractivity contribution in [3.63, 3.8) is 0 Å². The number of hydrogen-bond acceptors (Lipinski definition) is 2. The van der Waals surface area contributed by atoms with E-state index in [0.717, 1.165) is 25.7 Å². The Morgan fingerprint density at radius 1 is 1.24 bits per heavy atom. The lowest BCUT2D eigenvalue weighted by molar-refractivity contribution is 0.811. The number of nitrogens with zero attached hydrogens (tertiary/aromatic N) is 1. The molecule has 1 aliphatic rings. The van der Waals surface area contributed by atoms with Crippen LogP contribution in [0.3, 0.4) is 0 Å². The highest BCUT2D eigenvalue weighted by Gasteiger charge is 2.16. The molecule has 1 aromatic heterocycles. The zero-order chi connectivity index (χ0) is 15.0. The molecule has 4 nitrogen and oxygen atoms in total. The predicted molar refractivity (Wildman–Crippen MR) is 83.7 cm³/mol. The van der Waals surface area contributed by atoms with Gasteiger partial charge < -0.3 is 0 Å². The number of halogens is 1. The summed E-state index contributed by atoms with van der Waals surface area (Å²) in [5.41, 5.74) is 2.83. The molecule has 2 aromatic rings. The van der Waals surface area contributed by atoms with E-state index in [2.05, 4.69) is 4.98 Å². The maximum Gasteiger partial charge on any atom is 0.334 e. The average molecular weight is 305 g/mol. The molecule has 110 valence electrons. The SMILES string of the molecule is CCCc1c(Cl)[nH]c(=O)n(-c2ccc3c(c2)CCC3)c1=O. The summed E-state index contributed by atoms with van der Waals surface area (Å²) in [5.74, 6) is 0. The Bertz CT molecular complexity index is 805. The second-order valence-electron chi connectivity index (χ2n) is 5.42. The molecule has 21 heavy (non-hydrogen) atoms. The molecule has 0 aliphatic heterocycles. The van der Waals surface area contributed by atoms with Crippen molar-refractivity contribution in [2.45, 2.75) is 39.0 Å². The summed E-state index contributed by atoms with van der Waals surface area (Å²) in [4.78, 5) is 27.3. The molecule has 0 atom stereocenters. The van der Waals surface area contributed by atoms with Crippen LogP contribution in [0.4, 0.5) is 0 Å². The Morgan fingerprint density at radius 2 is 2.00 bits per heavy atom. The largest absolute Gasteiger partial charge is 0.334 e. The quantitative estimate of drug-likeness (QED) is 0.886. The topological polar surface area (TPSA) is 54.9 Å². The summed E-state index contributed by atoms with van der Waals surface area (Å²) in [5, 5.41) is 0.157. The maximum atomic E-state index is 12.6. The fourth-order valence-electron chi connectivity index (χ4n) is 2.94. The number of benzene rings is 1. The van der Waals surface area contributed by atoms with Gasteiger partial charge in [-0.25, -0.2) is 9.36 Å². The Kier molecular flexibility index (Phi) is 3.72. The van der Waals surface area contributed by atoms with Gasteiger partial charge in [0.05, 0.1) is 11.3 Å². The van der Waals surface area contributed by atoms with Crippen molar-refractivity contribution in [2.24, 2.45) is 0 Å². The van der Waals surface area contributed by atoms with E-state index < -0.39 is 5.69 Å². The first kappa shape index (κ1) is 14.1. The van der Waals surface area contributed by atoms with Gasteiger partial charge in [0.1, 0.15) is 5.15 Å². The van der Waals surface area contributed by atoms with Crippen LogP contribution in [0, 0.1) is 0 Å². The molecule has 0 spiro atoms. The first-order valence-electron chi connectivity index (χ1n) is 7.27. The molecule has 0 bridgehead atoms. The van der Waals surface area contributed by atoms with Gasteiger partial charge in [-0.2, -0.15) is 0 Å². The number of fused-ring (bicyclic) bond motifs is 1. The van der Waals surface area contributed by atoms with Gasteiger partial charge >= 0.3 is 5.69 Å². The second-order valence-corrected chi connectivity index (χ2v) is 5.80. The maximum absolute atomic E-state index is 12.6. The Balaban J connectivity index is 2.21. The molecular formula is C16H17ClN2O2. The standard InChI is InChI=1S/C16H17ClN2O2/c1-2-4-13-14(17)18-16(21)19(15(13)20)12-8-7-10-5-3-6-11(10)9-12/h7-9H,2-6H2,1H3,(H,18,21). The van der Waals surface area contributed by atoms with Crippen LogP contribution in [-0.2, 0) is 19.3 Å². The third-order valence-corrected chi connectivity index (χ3v) is 4.31. The van der Waals surface area contributed by atoms with E-state index >= 15 is 0 Å². The Hall–Kier alpha value is -1.81. The number of rotatable bonds is 3. The fraction of sp³-hybridized carbons (Fsp3) is 0.375. The number of aryl methyl sites for hydroxylation is 2. The van der Waals surface area contributed by atoms with E-state index in [-0.39, 0.29) is 10.7 Å². The number of hydrogen-bond donors (Lipinski definition) is 1. The van der Waals surface area contributed by atoms with Crippen molar-refractivity contribution in [1.82, 2.24) is 9.55 Å². The van der Waals surface area contributed by atoms with Crippen molar-refractivity contribution in [3.8, 4) is 5.69 Å². The molecule has 1 aromatic carbocycles. The highest BCUT2D eigenvalue weighted by molar-refractivity contribution is 6.30. The van der Waals surface area contributed by atoms with Gasteiger partial charge in [-0.1, -0.05) is 31.0 Å². The molecule has 5 heteroatoms. The summed E-state index contributed by atoms with van der Waals surface area (Å²) >= 11 is 6.00. The normalized spacial score (nSPS) is 13.4. The third-order valence-electron chi connectivity index (χ3n) is 3.99. The van der Waals surface area contributed by atoms with E-state index in [1.807, 2.05) is 25.1 Å². The fourth-order valence-corrected chi connectivity index (χ4v) is 3.20. The van der Waals surface area contributed by atoms with Crippen LogP contribution in [0.15, 0.2) is 27.8 Å². The highest BCUT2D eigenvalue weighted by Crippen LogP contribution is 2.23. The molecule has 0 fully saturated rings. The van der Waals surface area contributed by atoms with Crippen molar-refractivity contribution < 1.29 is 0 Å². The molecule has 3 rings (SSSR count). The summed E-state index contributed by atoms with van der Waals surface area (Å²) in [6.45, 7) is 1.97. The third kappa shape index (κ3) is 2.44. The van der Waals surface area contributed by atoms with Gasteiger partial charge in [0.25, 0.3) is 5.56 Å². The van der Waals surface area contributed by atoms with E-state index in [1.165, 1.54) is 15.7 Å². The summed E-state index contributed by atoms with van der Waals surface area (Å²) < 4.78 is 1.19. The van der Waals surface area contributed by atoms with Crippen LogP contribution in [0.25, 0.3) is 5.69 Å². The molecule has 0 amide bonds. The van der Waals surface area contributed by atoms with Gasteiger partial charge in [0, 0.05) is 0 Å². The Morgan fingerprint density at radius 3 is 2.76 bits per heavy atom. The monoisotopic (exact) mass is 304 g/mol. The average Bonchev–Trinajstić information content (AvgIpc) is 2.91. The zero-order valence-corrected chi connectivity index (χ0v) is 12.7. The molecule has 0 unspecified atom stereocenters. The molecule has 0 saturated heterocycles. The minimum Gasteiger partial charge on any atom is -0.297 e. The second kappa shape index (κ2) is 5.53. The first-order valence-corrected chi connectivity index (χ1v) is 7.65. The van der Waals surface area contributed by atoms with Gasteiger partial charge in [0.15, 0.2) is 0 Å². The number of H-pyrrole nitrogens is 1. The summed E-state index contributed by atoms with van der Waals surface area (Å²) in [6, 6.07) is 5.80. The van der Waals surface area contributed by atoms with Crippen molar-refractivity contribution in [1.29, 1.82) is 0 Å². The van der Waals surface area contributed by atoms with E-state index in [9.17, 15) is 9.59 Å². The summed E-state index contributed by atoms with van der Waals surface area (Å²) in [6.07, 6.45) is 4.56. The van der Waals surface area contributed by atoms with Crippen LogP contribution < -0.4 is 11.2 Å². The predicted octanol–water partition coefficient (Wildman–Crippen LogP) is 2.62. The van der Waals surface area contributed by atoms with Crippen LogP contribution in [0.2, 0.25) is 5.15 Å². The van der Waals surface area contributed by atoms with Crippen LogP contribution in [0.5, 0.6) is 0 Å². The van der Waals surface area contributed by atoms with Crippen molar-refractivity contribution in [3.05, 3.63) is 60.9 Å². The van der Waals surface area contributed by atoms with Crippen LogP contribution in [0.1, 0.15) is 36.5 Å². The van der Waals surface area contributed by atoms with E-state index in [0.29, 0.717) is 17.7 Å². The minimum atomic E-state index is -0.484.